The maximum Gasteiger partial charge on any atom is 0.264 e. The molecule has 1 aromatic heterocycles. The molecule has 0 spiro atoms. The minimum absolute atomic E-state index is 0.100. The van der Waals surface area contributed by atoms with Crippen LogP contribution < -0.4 is 4.31 Å². The number of para-hydroxylation sites is 2. The summed E-state index contributed by atoms with van der Waals surface area (Å²) in [5.74, 6) is -0.466. The number of anilines is 1. The van der Waals surface area contributed by atoms with Crippen LogP contribution in [0, 0.1) is 5.82 Å². The summed E-state index contributed by atoms with van der Waals surface area (Å²) in [6.07, 6.45) is -1.03. The van der Waals surface area contributed by atoms with E-state index in [2.05, 4.69) is 0 Å². The second kappa shape index (κ2) is 8.93. The van der Waals surface area contributed by atoms with Gasteiger partial charge in [-0.15, -0.1) is 0 Å². The predicted molar refractivity (Wildman–Crippen MR) is 133 cm³/mol. The van der Waals surface area contributed by atoms with E-state index >= 15 is 0 Å². The van der Waals surface area contributed by atoms with Crippen LogP contribution in [0.1, 0.15) is 0 Å². The molecular formula is C27H23FN2O3S. The van der Waals surface area contributed by atoms with Crippen molar-refractivity contribution in [3.63, 3.8) is 0 Å². The Labute approximate surface area is 197 Å². The van der Waals surface area contributed by atoms with Crippen LogP contribution in [0.15, 0.2) is 108 Å². The Kier molecular flexibility index (Phi) is 5.81. The van der Waals surface area contributed by atoms with E-state index in [-0.39, 0.29) is 23.7 Å². The van der Waals surface area contributed by atoms with Gasteiger partial charge in [-0.2, -0.15) is 0 Å². The quantitative estimate of drug-likeness (QED) is 0.353. The van der Waals surface area contributed by atoms with E-state index in [1.165, 1.54) is 36.4 Å². The Morgan fingerprint density at radius 2 is 1.29 bits per heavy atom. The van der Waals surface area contributed by atoms with Crippen LogP contribution in [0.25, 0.3) is 21.8 Å². The van der Waals surface area contributed by atoms with Gasteiger partial charge in [0.2, 0.25) is 0 Å². The maximum absolute atomic E-state index is 13.6. The minimum Gasteiger partial charge on any atom is -0.389 e. The molecule has 4 aromatic carbocycles. The van der Waals surface area contributed by atoms with Crippen LogP contribution in [-0.2, 0) is 16.6 Å². The van der Waals surface area contributed by atoms with E-state index < -0.39 is 21.9 Å². The summed E-state index contributed by atoms with van der Waals surface area (Å²) >= 11 is 0. The topological polar surface area (TPSA) is 62.5 Å². The lowest BCUT2D eigenvalue weighted by atomic mass is 10.2. The zero-order chi connectivity index (χ0) is 23.7. The monoisotopic (exact) mass is 474 g/mol. The molecule has 0 saturated heterocycles. The second-order valence-electron chi connectivity index (χ2n) is 8.12. The summed E-state index contributed by atoms with van der Waals surface area (Å²) in [6.45, 7) is -0.000273. The molecule has 5 aromatic rings. The van der Waals surface area contributed by atoms with Crippen LogP contribution in [0.3, 0.4) is 0 Å². The van der Waals surface area contributed by atoms with Gasteiger partial charge in [0, 0.05) is 21.8 Å². The van der Waals surface area contributed by atoms with Crippen LogP contribution >= 0.6 is 0 Å². The van der Waals surface area contributed by atoms with Crippen molar-refractivity contribution in [2.75, 3.05) is 10.8 Å². The molecule has 0 saturated carbocycles. The molecule has 1 atom stereocenters. The maximum atomic E-state index is 13.6. The third kappa shape index (κ3) is 4.04. The standard InChI is InChI=1S/C27H23FN2O3S/c28-20-14-16-21(17-15-20)30(34(32,33)23-8-2-1-3-9-23)19-22(31)18-29-26-12-6-4-10-24(26)25-11-5-7-13-27(25)29/h1-17,22,31H,18-19H2. The van der Waals surface area contributed by atoms with Gasteiger partial charge >= 0.3 is 0 Å². The van der Waals surface area contributed by atoms with Gasteiger partial charge in [-0.25, -0.2) is 12.8 Å². The van der Waals surface area contributed by atoms with Crippen LogP contribution in [0.4, 0.5) is 10.1 Å². The molecule has 5 rings (SSSR count). The van der Waals surface area contributed by atoms with Crippen molar-refractivity contribution >= 4 is 37.5 Å². The molecular weight excluding hydrogens is 451 g/mol. The normalized spacial score (nSPS) is 12.8. The van der Waals surface area contributed by atoms with Crippen LogP contribution in [0.5, 0.6) is 0 Å². The molecule has 1 heterocycles. The lowest BCUT2D eigenvalue weighted by Crippen LogP contribution is -2.39. The fraction of sp³-hybridized carbons (Fsp3) is 0.111. The Hall–Kier alpha value is -3.68. The number of hydrogen-bond acceptors (Lipinski definition) is 3. The Balaban J connectivity index is 1.53. The number of aliphatic hydroxyl groups is 1. The molecule has 0 aliphatic rings. The second-order valence-corrected chi connectivity index (χ2v) is 9.99. The average molecular weight is 475 g/mol. The smallest absolute Gasteiger partial charge is 0.264 e. The van der Waals surface area contributed by atoms with Crippen molar-refractivity contribution in [3.05, 3.63) is 109 Å². The number of fused-ring (bicyclic) bond motifs is 3. The number of aromatic nitrogens is 1. The summed E-state index contributed by atoms with van der Waals surface area (Å²) in [5, 5.41) is 13.3. The van der Waals surface area contributed by atoms with E-state index in [0.717, 1.165) is 26.1 Å². The zero-order valence-electron chi connectivity index (χ0n) is 18.3. The van der Waals surface area contributed by atoms with Crippen LogP contribution in [-0.4, -0.2) is 30.7 Å². The average Bonchev–Trinajstić information content (AvgIpc) is 3.17. The zero-order valence-corrected chi connectivity index (χ0v) is 19.1. The molecule has 0 amide bonds. The highest BCUT2D eigenvalue weighted by molar-refractivity contribution is 7.92. The number of rotatable bonds is 7. The van der Waals surface area contributed by atoms with Gasteiger partial charge in [0.05, 0.1) is 29.8 Å². The van der Waals surface area contributed by atoms with Crippen molar-refractivity contribution < 1.29 is 17.9 Å². The molecule has 0 fully saturated rings. The van der Waals surface area contributed by atoms with Crippen molar-refractivity contribution in [2.24, 2.45) is 0 Å². The number of aliphatic hydroxyl groups excluding tert-OH is 1. The summed E-state index contributed by atoms with van der Waals surface area (Å²) in [5.41, 5.74) is 2.20. The Morgan fingerprint density at radius 3 is 1.88 bits per heavy atom. The van der Waals surface area contributed by atoms with Gasteiger partial charge in [-0.3, -0.25) is 4.31 Å². The molecule has 0 aliphatic carbocycles. The first kappa shape index (κ1) is 22.1. The number of nitrogens with zero attached hydrogens (tertiary/aromatic N) is 2. The fourth-order valence-corrected chi connectivity index (χ4v) is 5.85. The number of halogens is 1. The number of benzene rings is 4. The van der Waals surface area contributed by atoms with Crippen LogP contribution in [0.2, 0.25) is 0 Å². The van der Waals surface area contributed by atoms with E-state index in [0.29, 0.717) is 0 Å². The molecule has 172 valence electrons. The van der Waals surface area contributed by atoms with Crippen molar-refractivity contribution in [1.29, 1.82) is 0 Å². The molecule has 0 aliphatic heterocycles. The molecule has 1 unspecified atom stereocenters. The van der Waals surface area contributed by atoms with E-state index in [9.17, 15) is 17.9 Å². The summed E-state index contributed by atoms with van der Waals surface area (Å²) < 4.78 is 43.7. The van der Waals surface area contributed by atoms with E-state index in [1.54, 1.807) is 18.2 Å². The summed E-state index contributed by atoms with van der Waals surface area (Å²) in [6, 6.07) is 29.1. The molecule has 1 N–H and O–H groups in total. The fourth-order valence-electron chi connectivity index (χ4n) is 4.33. The first-order chi connectivity index (χ1) is 16.4. The lowest BCUT2D eigenvalue weighted by Gasteiger charge is -2.27. The number of sulfonamides is 1. The highest BCUT2D eigenvalue weighted by Crippen LogP contribution is 2.30. The first-order valence-corrected chi connectivity index (χ1v) is 12.4. The van der Waals surface area contributed by atoms with Gasteiger partial charge in [0.1, 0.15) is 5.82 Å². The summed E-state index contributed by atoms with van der Waals surface area (Å²) in [7, 11) is -3.98. The lowest BCUT2D eigenvalue weighted by molar-refractivity contribution is 0.166. The van der Waals surface area contributed by atoms with E-state index in [4.69, 9.17) is 0 Å². The number of hydrogen-bond donors (Lipinski definition) is 1. The third-order valence-corrected chi connectivity index (χ3v) is 7.70. The molecule has 0 bridgehead atoms. The SMILES string of the molecule is O=S(=O)(c1ccccc1)N(CC(O)Cn1c2ccccc2c2ccccc21)c1ccc(F)cc1. The predicted octanol–water partition coefficient (Wildman–Crippen LogP) is 5.19. The minimum atomic E-state index is -3.98. The molecule has 7 heteroatoms. The van der Waals surface area contributed by atoms with Gasteiger partial charge in [-0.05, 0) is 48.5 Å². The van der Waals surface area contributed by atoms with Gasteiger partial charge in [-0.1, -0.05) is 54.6 Å². The van der Waals surface area contributed by atoms with Gasteiger partial charge < -0.3 is 9.67 Å². The molecule has 5 nitrogen and oxygen atoms in total. The Morgan fingerprint density at radius 1 is 0.765 bits per heavy atom. The highest BCUT2D eigenvalue weighted by atomic mass is 32.2. The van der Waals surface area contributed by atoms with Crippen molar-refractivity contribution in [2.45, 2.75) is 17.5 Å². The van der Waals surface area contributed by atoms with Crippen molar-refractivity contribution in [1.82, 2.24) is 4.57 Å². The highest BCUT2D eigenvalue weighted by Gasteiger charge is 2.27. The molecule has 34 heavy (non-hydrogen) atoms. The summed E-state index contributed by atoms with van der Waals surface area (Å²) in [4.78, 5) is 0.100. The third-order valence-electron chi connectivity index (χ3n) is 5.90. The largest absolute Gasteiger partial charge is 0.389 e. The van der Waals surface area contributed by atoms with E-state index in [1.807, 2.05) is 53.1 Å². The van der Waals surface area contributed by atoms with Crippen molar-refractivity contribution in [3.8, 4) is 0 Å². The van der Waals surface area contributed by atoms with Gasteiger partial charge in [0.25, 0.3) is 10.0 Å². The molecule has 0 radical (unpaired) electrons. The Bertz CT molecular complexity index is 1490. The van der Waals surface area contributed by atoms with Gasteiger partial charge in [0.15, 0.2) is 0 Å². The first-order valence-electron chi connectivity index (χ1n) is 10.9.